The molecule has 0 radical (unpaired) electrons. The second-order valence-electron chi connectivity index (χ2n) is 6.69. The van der Waals surface area contributed by atoms with E-state index in [1.54, 1.807) is 6.07 Å². The van der Waals surface area contributed by atoms with Crippen molar-refractivity contribution < 1.29 is 9.53 Å². The van der Waals surface area contributed by atoms with Gasteiger partial charge in [-0.3, -0.25) is 4.79 Å². The maximum Gasteiger partial charge on any atom is 0.222 e. The van der Waals surface area contributed by atoms with E-state index in [2.05, 4.69) is 11.4 Å². The van der Waals surface area contributed by atoms with Gasteiger partial charge in [-0.15, -0.1) is 12.4 Å². The molecule has 152 valence electrons. The lowest BCUT2D eigenvalue weighted by atomic mass is 10.2. The third kappa shape index (κ3) is 6.85. The fourth-order valence-corrected chi connectivity index (χ4v) is 3.58. The van der Waals surface area contributed by atoms with Crippen molar-refractivity contribution >= 4 is 41.5 Å². The molecular formula is C21H25Cl3N2O2. The molecule has 0 aliphatic carbocycles. The van der Waals surface area contributed by atoms with Crippen molar-refractivity contribution in [2.45, 2.75) is 32.4 Å². The fraction of sp³-hybridized carbons (Fsp3) is 0.381. The molecule has 2 aromatic rings. The number of hydrogen-bond donors (Lipinski definition) is 1. The van der Waals surface area contributed by atoms with Crippen molar-refractivity contribution in [3.05, 3.63) is 63.6 Å². The molecule has 0 atom stereocenters. The zero-order chi connectivity index (χ0) is 19.1. The van der Waals surface area contributed by atoms with E-state index < -0.39 is 0 Å². The molecule has 1 saturated heterocycles. The normalized spacial score (nSPS) is 13.5. The number of benzene rings is 2. The van der Waals surface area contributed by atoms with E-state index in [0.717, 1.165) is 55.9 Å². The van der Waals surface area contributed by atoms with E-state index in [0.29, 0.717) is 29.0 Å². The van der Waals surface area contributed by atoms with Gasteiger partial charge in [-0.2, -0.15) is 0 Å². The average Bonchev–Trinajstić information content (AvgIpc) is 3.06. The van der Waals surface area contributed by atoms with Gasteiger partial charge in [0.1, 0.15) is 12.4 Å². The Balaban J connectivity index is 0.00000280. The lowest BCUT2D eigenvalue weighted by molar-refractivity contribution is -0.127. The van der Waals surface area contributed by atoms with Crippen LogP contribution in [0.25, 0.3) is 0 Å². The van der Waals surface area contributed by atoms with E-state index in [1.165, 1.54) is 0 Å². The topological polar surface area (TPSA) is 41.6 Å². The van der Waals surface area contributed by atoms with E-state index >= 15 is 0 Å². The van der Waals surface area contributed by atoms with E-state index in [-0.39, 0.29) is 12.4 Å². The van der Waals surface area contributed by atoms with E-state index in [9.17, 15) is 4.79 Å². The number of nitrogens with one attached hydrogen (secondary N) is 1. The van der Waals surface area contributed by atoms with Crippen LogP contribution < -0.4 is 10.1 Å². The van der Waals surface area contributed by atoms with Gasteiger partial charge in [0.25, 0.3) is 0 Å². The van der Waals surface area contributed by atoms with Gasteiger partial charge in [0.05, 0.1) is 0 Å². The number of halogens is 3. The van der Waals surface area contributed by atoms with Crippen LogP contribution in [-0.4, -0.2) is 30.4 Å². The maximum absolute atomic E-state index is 11.6. The first-order valence-electron chi connectivity index (χ1n) is 9.26. The van der Waals surface area contributed by atoms with Crippen LogP contribution in [0.5, 0.6) is 5.75 Å². The molecule has 1 aliphatic heterocycles. The highest BCUT2D eigenvalue weighted by Crippen LogP contribution is 2.23. The molecule has 1 amide bonds. The first-order valence-corrected chi connectivity index (χ1v) is 10.0. The van der Waals surface area contributed by atoms with Crippen molar-refractivity contribution in [3.63, 3.8) is 0 Å². The second-order valence-corrected chi connectivity index (χ2v) is 7.53. The number of nitrogens with zero attached hydrogens (tertiary/aromatic N) is 1. The standard InChI is InChI=1S/C21H24Cl2N2O2.ClH/c22-18-8-7-17(20(23)13-18)15-27-19-5-1-4-16(12-19)14-24-9-3-11-25-10-2-6-21(25)26;/h1,4-5,7-8,12-13,24H,2-3,6,9-11,14-15H2;1H. The number of rotatable bonds is 9. The third-order valence-electron chi connectivity index (χ3n) is 4.59. The van der Waals surface area contributed by atoms with E-state index in [4.69, 9.17) is 27.9 Å². The van der Waals surface area contributed by atoms with Gasteiger partial charge in [0, 0.05) is 41.7 Å². The lowest BCUT2D eigenvalue weighted by Crippen LogP contribution is -2.28. The van der Waals surface area contributed by atoms with Gasteiger partial charge < -0.3 is 15.0 Å². The van der Waals surface area contributed by atoms with Crippen LogP contribution in [0.3, 0.4) is 0 Å². The molecular weight excluding hydrogens is 419 g/mol. The molecule has 4 nitrogen and oxygen atoms in total. The van der Waals surface area contributed by atoms with Crippen LogP contribution in [-0.2, 0) is 17.9 Å². The summed E-state index contributed by atoms with van der Waals surface area (Å²) in [6.07, 6.45) is 2.68. The quantitative estimate of drug-likeness (QED) is 0.548. The van der Waals surface area contributed by atoms with Gasteiger partial charge in [-0.25, -0.2) is 0 Å². The Hall–Kier alpha value is -1.46. The number of amides is 1. The summed E-state index contributed by atoms with van der Waals surface area (Å²) < 4.78 is 5.86. The van der Waals surface area contributed by atoms with E-state index in [1.807, 2.05) is 35.2 Å². The van der Waals surface area contributed by atoms with Gasteiger partial charge in [0.15, 0.2) is 0 Å². The molecule has 1 aliphatic rings. The minimum atomic E-state index is 0. The largest absolute Gasteiger partial charge is 0.489 e. The number of ether oxygens (including phenoxy) is 1. The SMILES string of the molecule is Cl.O=C1CCCN1CCCNCc1cccc(OCc2ccc(Cl)cc2Cl)c1. The molecule has 3 rings (SSSR count). The van der Waals surface area contributed by atoms with Crippen LogP contribution >= 0.6 is 35.6 Å². The number of carbonyl (C=O) groups is 1. The van der Waals surface area contributed by atoms with Crippen LogP contribution in [0.2, 0.25) is 10.0 Å². The molecule has 0 bridgehead atoms. The van der Waals surface area contributed by atoms with Crippen LogP contribution in [0.15, 0.2) is 42.5 Å². The third-order valence-corrected chi connectivity index (χ3v) is 5.18. The molecule has 28 heavy (non-hydrogen) atoms. The average molecular weight is 444 g/mol. The maximum atomic E-state index is 11.6. The van der Waals surface area contributed by atoms with Crippen LogP contribution in [0.4, 0.5) is 0 Å². The highest BCUT2D eigenvalue weighted by molar-refractivity contribution is 6.35. The van der Waals surface area contributed by atoms with Gasteiger partial charge in [-0.1, -0.05) is 41.4 Å². The van der Waals surface area contributed by atoms with Crippen molar-refractivity contribution in [1.29, 1.82) is 0 Å². The van der Waals surface area contributed by atoms with Crippen molar-refractivity contribution in [1.82, 2.24) is 10.2 Å². The zero-order valence-electron chi connectivity index (χ0n) is 15.6. The summed E-state index contributed by atoms with van der Waals surface area (Å²) in [5, 5.41) is 4.65. The molecule has 0 unspecified atom stereocenters. The van der Waals surface area contributed by atoms with Gasteiger partial charge in [-0.05, 0) is 49.2 Å². The molecule has 2 aromatic carbocycles. The molecule has 7 heteroatoms. The summed E-state index contributed by atoms with van der Waals surface area (Å²) in [7, 11) is 0. The number of likely N-dealkylation sites (tertiary alicyclic amines) is 1. The lowest BCUT2D eigenvalue weighted by Gasteiger charge is -2.15. The predicted octanol–water partition coefficient (Wildman–Crippen LogP) is 5.10. The van der Waals surface area contributed by atoms with Crippen molar-refractivity contribution in [3.8, 4) is 5.75 Å². The van der Waals surface area contributed by atoms with Gasteiger partial charge >= 0.3 is 0 Å². The molecule has 1 N–H and O–H groups in total. The summed E-state index contributed by atoms with van der Waals surface area (Å²) in [4.78, 5) is 13.5. The Morgan fingerprint density at radius 3 is 2.75 bits per heavy atom. The van der Waals surface area contributed by atoms with Crippen molar-refractivity contribution in [2.75, 3.05) is 19.6 Å². The van der Waals surface area contributed by atoms with Gasteiger partial charge in [0.2, 0.25) is 5.91 Å². The minimum absolute atomic E-state index is 0. The molecule has 0 saturated carbocycles. The highest BCUT2D eigenvalue weighted by atomic mass is 35.5. The Bertz CT molecular complexity index is 786. The fourth-order valence-electron chi connectivity index (χ4n) is 3.11. The Labute approximate surface area is 182 Å². The Morgan fingerprint density at radius 2 is 2.00 bits per heavy atom. The monoisotopic (exact) mass is 442 g/mol. The molecule has 1 fully saturated rings. The van der Waals surface area contributed by atoms with Crippen LogP contribution in [0, 0.1) is 0 Å². The summed E-state index contributed by atoms with van der Waals surface area (Å²) in [5.74, 6) is 1.10. The molecule has 0 spiro atoms. The minimum Gasteiger partial charge on any atom is -0.489 e. The summed E-state index contributed by atoms with van der Waals surface area (Å²) in [5.41, 5.74) is 2.06. The molecule has 0 aromatic heterocycles. The van der Waals surface area contributed by atoms with Crippen LogP contribution in [0.1, 0.15) is 30.4 Å². The molecule has 1 heterocycles. The number of hydrogen-bond acceptors (Lipinski definition) is 3. The summed E-state index contributed by atoms with van der Waals surface area (Å²) >= 11 is 12.1. The smallest absolute Gasteiger partial charge is 0.222 e. The Kier molecular flexibility index (Phi) is 9.39. The Morgan fingerprint density at radius 1 is 1.14 bits per heavy atom. The van der Waals surface area contributed by atoms with Crippen molar-refractivity contribution in [2.24, 2.45) is 0 Å². The predicted molar refractivity (Wildman–Crippen MR) is 117 cm³/mol. The first kappa shape index (κ1) is 22.8. The summed E-state index contributed by atoms with van der Waals surface area (Å²) in [6, 6.07) is 13.4. The number of carbonyl (C=O) groups excluding carboxylic acids is 1. The summed E-state index contributed by atoms with van der Waals surface area (Å²) in [6.45, 7) is 3.81. The first-order chi connectivity index (χ1) is 13.1. The highest BCUT2D eigenvalue weighted by Gasteiger charge is 2.18. The zero-order valence-corrected chi connectivity index (χ0v) is 18.0. The second kappa shape index (κ2) is 11.5.